The summed E-state index contributed by atoms with van der Waals surface area (Å²) < 4.78 is 12.7. The van der Waals surface area contributed by atoms with Gasteiger partial charge in [0.2, 0.25) is 5.91 Å². The van der Waals surface area contributed by atoms with Crippen LogP contribution in [0.3, 0.4) is 0 Å². The Morgan fingerprint density at radius 3 is 2.45 bits per heavy atom. The Kier molecular flexibility index (Phi) is 6.01. The van der Waals surface area contributed by atoms with Gasteiger partial charge >= 0.3 is 5.97 Å². The SMILES string of the molecule is CCC(C)(NC(=O)CSCc1ccc(F)cc1)C(=O)O. The number of halogens is 1. The average molecular weight is 299 g/mol. The highest BCUT2D eigenvalue weighted by Gasteiger charge is 2.32. The van der Waals surface area contributed by atoms with Gasteiger partial charge in [0.05, 0.1) is 5.75 Å². The molecule has 1 aromatic rings. The standard InChI is InChI=1S/C14H18FNO3S/c1-3-14(2,13(18)19)16-12(17)9-20-8-10-4-6-11(15)7-5-10/h4-7H,3,8-9H2,1-2H3,(H,16,17)(H,18,19). The zero-order valence-corrected chi connectivity index (χ0v) is 12.3. The summed E-state index contributed by atoms with van der Waals surface area (Å²) in [4.78, 5) is 22.8. The van der Waals surface area contributed by atoms with E-state index in [-0.39, 0.29) is 17.5 Å². The van der Waals surface area contributed by atoms with E-state index >= 15 is 0 Å². The van der Waals surface area contributed by atoms with Crippen LogP contribution in [0.1, 0.15) is 25.8 Å². The van der Waals surface area contributed by atoms with Gasteiger partial charge in [0, 0.05) is 5.75 Å². The second-order valence-corrected chi connectivity index (χ2v) is 5.64. The van der Waals surface area contributed by atoms with E-state index in [0.29, 0.717) is 12.2 Å². The van der Waals surface area contributed by atoms with Gasteiger partial charge in [-0.2, -0.15) is 0 Å². The summed E-state index contributed by atoms with van der Waals surface area (Å²) in [6.45, 7) is 3.19. The second-order valence-electron chi connectivity index (χ2n) is 4.66. The number of amides is 1. The van der Waals surface area contributed by atoms with Gasteiger partial charge in [0.15, 0.2) is 0 Å². The fraction of sp³-hybridized carbons (Fsp3) is 0.429. The lowest BCUT2D eigenvalue weighted by atomic mass is 9.99. The number of thioether (sulfide) groups is 1. The van der Waals surface area contributed by atoms with Crippen molar-refractivity contribution in [2.45, 2.75) is 31.6 Å². The Morgan fingerprint density at radius 2 is 1.95 bits per heavy atom. The van der Waals surface area contributed by atoms with Crippen molar-refractivity contribution in [3.63, 3.8) is 0 Å². The Hall–Kier alpha value is -1.56. The predicted molar refractivity (Wildman–Crippen MR) is 77.0 cm³/mol. The van der Waals surface area contributed by atoms with Gasteiger partial charge in [-0.3, -0.25) is 4.79 Å². The summed E-state index contributed by atoms with van der Waals surface area (Å²) in [5, 5.41) is 11.6. The molecule has 1 atom stereocenters. The van der Waals surface area contributed by atoms with E-state index in [9.17, 15) is 14.0 Å². The summed E-state index contributed by atoms with van der Waals surface area (Å²) in [5.74, 6) is -0.915. The van der Waals surface area contributed by atoms with Crippen molar-refractivity contribution in [2.24, 2.45) is 0 Å². The van der Waals surface area contributed by atoms with E-state index in [1.54, 1.807) is 19.1 Å². The molecule has 0 aliphatic heterocycles. The molecule has 0 aliphatic carbocycles. The van der Waals surface area contributed by atoms with Gasteiger partial charge < -0.3 is 10.4 Å². The fourth-order valence-electron chi connectivity index (χ4n) is 1.48. The van der Waals surface area contributed by atoms with E-state index in [4.69, 9.17) is 5.11 Å². The van der Waals surface area contributed by atoms with Crippen molar-refractivity contribution in [1.29, 1.82) is 0 Å². The van der Waals surface area contributed by atoms with Crippen molar-refractivity contribution in [1.82, 2.24) is 5.32 Å². The molecule has 1 rings (SSSR count). The first-order valence-electron chi connectivity index (χ1n) is 6.24. The van der Waals surface area contributed by atoms with Gasteiger partial charge in [-0.1, -0.05) is 19.1 Å². The molecule has 1 aromatic carbocycles. The summed E-state index contributed by atoms with van der Waals surface area (Å²) >= 11 is 1.36. The number of carboxylic acids is 1. The molecular weight excluding hydrogens is 281 g/mol. The predicted octanol–water partition coefficient (Wildman–Crippen LogP) is 2.43. The third kappa shape index (κ3) is 4.85. The Balaban J connectivity index is 2.40. The van der Waals surface area contributed by atoms with E-state index in [1.807, 2.05) is 0 Å². The number of nitrogens with one attached hydrogen (secondary N) is 1. The van der Waals surface area contributed by atoms with Crippen molar-refractivity contribution >= 4 is 23.6 Å². The lowest BCUT2D eigenvalue weighted by molar-refractivity contribution is -0.146. The first-order valence-corrected chi connectivity index (χ1v) is 7.39. The zero-order valence-electron chi connectivity index (χ0n) is 11.5. The van der Waals surface area contributed by atoms with Crippen LogP contribution >= 0.6 is 11.8 Å². The van der Waals surface area contributed by atoms with Gasteiger partial charge in [-0.15, -0.1) is 11.8 Å². The first-order chi connectivity index (χ1) is 9.37. The van der Waals surface area contributed by atoms with Gasteiger partial charge in [0.25, 0.3) is 0 Å². The minimum atomic E-state index is -1.23. The van der Waals surface area contributed by atoms with Crippen molar-refractivity contribution in [2.75, 3.05) is 5.75 Å². The molecule has 110 valence electrons. The molecule has 0 fully saturated rings. The second kappa shape index (κ2) is 7.28. The first kappa shape index (κ1) is 16.5. The van der Waals surface area contributed by atoms with Crippen LogP contribution in [0.4, 0.5) is 4.39 Å². The highest BCUT2D eigenvalue weighted by molar-refractivity contribution is 7.99. The van der Waals surface area contributed by atoms with Gasteiger partial charge in [0.1, 0.15) is 11.4 Å². The highest BCUT2D eigenvalue weighted by atomic mass is 32.2. The van der Waals surface area contributed by atoms with Crippen LogP contribution in [0.15, 0.2) is 24.3 Å². The topological polar surface area (TPSA) is 66.4 Å². The van der Waals surface area contributed by atoms with E-state index in [0.717, 1.165) is 5.56 Å². The molecule has 0 aliphatic rings. The molecule has 0 saturated heterocycles. The Bertz CT molecular complexity index is 478. The molecule has 0 spiro atoms. The van der Waals surface area contributed by atoms with Crippen LogP contribution in [0.25, 0.3) is 0 Å². The molecule has 6 heteroatoms. The van der Waals surface area contributed by atoms with Crippen LogP contribution < -0.4 is 5.32 Å². The van der Waals surface area contributed by atoms with E-state index in [1.165, 1.54) is 30.8 Å². The number of carboxylic acid groups (broad SMARTS) is 1. The lowest BCUT2D eigenvalue weighted by Gasteiger charge is -2.24. The number of aliphatic carboxylic acids is 1. The molecule has 0 aromatic heterocycles. The third-order valence-corrected chi connectivity index (χ3v) is 4.01. The highest BCUT2D eigenvalue weighted by Crippen LogP contribution is 2.14. The summed E-state index contributed by atoms with van der Waals surface area (Å²) in [5.41, 5.74) is -0.311. The van der Waals surface area contributed by atoms with Crippen molar-refractivity contribution in [3.8, 4) is 0 Å². The monoisotopic (exact) mass is 299 g/mol. The average Bonchev–Trinajstić information content (AvgIpc) is 2.40. The summed E-state index contributed by atoms with van der Waals surface area (Å²) in [6, 6.07) is 6.06. The molecule has 2 N–H and O–H groups in total. The number of hydrogen-bond donors (Lipinski definition) is 2. The normalized spacial score (nSPS) is 13.6. The van der Waals surface area contributed by atoms with E-state index in [2.05, 4.69) is 5.32 Å². The summed E-state index contributed by atoms with van der Waals surface area (Å²) in [6.07, 6.45) is 0.316. The maximum Gasteiger partial charge on any atom is 0.329 e. The lowest BCUT2D eigenvalue weighted by Crippen LogP contribution is -2.52. The number of carbonyl (C=O) groups excluding carboxylic acids is 1. The molecule has 4 nitrogen and oxygen atoms in total. The number of rotatable bonds is 7. The third-order valence-electron chi connectivity index (χ3n) is 3.01. The van der Waals surface area contributed by atoms with Crippen molar-refractivity contribution < 1.29 is 19.1 Å². The number of benzene rings is 1. The summed E-state index contributed by atoms with van der Waals surface area (Å²) in [7, 11) is 0. The van der Waals surface area contributed by atoms with Crippen LogP contribution in [0.2, 0.25) is 0 Å². The molecule has 0 bridgehead atoms. The fourth-order valence-corrected chi connectivity index (χ4v) is 2.27. The minimum absolute atomic E-state index is 0.167. The Labute approximate surface area is 121 Å². The maximum absolute atomic E-state index is 12.7. The maximum atomic E-state index is 12.7. The molecule has 0 radical (unpaired) electrons. The number of carbonyl (C=O) groups is 2. The smallest absolute Gasteiger partial charge is 0.329 e. The Morgan fingerprint density at radius 1 is 1.35 bits per heavy atom. The zero-order chi connectivity index (χ0) is 15.2. The van der Waals surface area contributed by atoms with Crippen molar-refractivity contribution in [3.05, 3.63) is 35.6 Å². The van der Waals surface area contributed by atoms with Crippen LogP contribution in [0, 0.1) is 5.82 Å². The van der Waals surface area contributed by atoms with Crippen LogP contribution in [0.5, 0.6) is 0 Å². The molecule has 20 heavy (non-hydrogen) atoms. The van der Waals surface area contributed by atoms with E-state index < -0.39 is 11.5 Å². The van der Waals surface area contributed by atoms with Gasteiger partial charge in [-0.05, 0) is 31.0 Å². The molecule has 0 saturated carbocycles. The molecule has 1 amide bonds. The minimum Gasteiger partial charge on any atom is -0.480 e. The number of hydrogen-bond acceptors (Lipinski definition) is 3. The van der Waals surface area contributed by atoms with Crippen LogP contribution in [-0.4, -0.2) is 28.3 Å². The van der Waals surface area contributed by atoms with Crippen LogP contribution in [-0.2, 0) is 15.3 Å². The largest absolute Gasteiger partial charge is 0.480 e. The van der Waals surface area contributed by atoms with Gasteiger partial charge in [-0.25, -0.2) is 9.18 Å². The quantitative estimate of drug-likeness (QED) is 0.811. The molecule has 1 unspecified atom stereocenters. The molecular formula is C14H18FNO3S. The molecule has 0 heterocycles.